The molecule has 1 aliphatic rings. The Bertz CT molecular complexity index is 492. The van der Waals surface area contributed by atoms with Gasteiger partial charge in [0, 0.05) is 18.3 Å². The van der Waals surface area contributed by atoms with Gasteiger partial charge in [0.2, 0.25) is 0 Å². The number of benzene rings is 1. The minimum Gasteiger partial charge on any atom is -0.333 e. The number of nitrogens with one attached hydrogen (secondary N) is 1. The molecule has 1 aromatic carbocycles. The lowest BCUT2D eigenvalue weighted by molar-refractivity contribution is 0.628. The number of rotatable bonds is 1. The monoisotopic (exact) mass is 231 g/mol. The quantitative estimate of drug-likeness (QED) is 0.815. The Morgan fingerprint density at radius 1 is 1.24 bits per heavy atom. The normalized spacial score (nSPS) is 15.4. The van der Waals surface area contributed by atoms with Crippen molar-refractivity contribution in [1.82, 2.24) is 14.9 Å². The smallest absolute Gasteiger partial charge is 0.123 e. The predicted octanol–water partition coefficient (Wildman–Crippen LogP) is 2.18. The van der Waals surface area contributed by atoms with Crippen LogP contribution in [0.4, 0.5) is 4.39 Å². The standard InChI is InChI=1S/C13H14FN3/c14-11-4-2-10(3-5-11)12-9-17-7-1-6-15-8-13(17)16-12/h2-5,9,15H,1,6-8H2. The molecule has 0 spiro atoms. The fraction of sp³-hybridized carbons (Fsp3) is 0.308. The van der Waals surface area contributed by atoms with E-state index in [0.717, 1.165) is 43.1 Å². The molecule has 0 radical (unpaired) electrons. The van der Waals surface area contributed by atoms with E-state index in [2.05, 4.69) is 21.1 Å². The lowest BCUT2D eigenvalue weighted by Gasteiger charge is -1.98. The number of fused-ring (bicyclic) bond motifs is 1. The van der Waals surface area contributed by atoms with E-state index < -0.39 is 0 Å². The van der Waals surface area contributed by atoms with Crippen LogP contribution in [0.3, 0.4) is 0 Å². The molecule has 88 valence electrons. The summed E-state index contributed by atoms with van der Waals surface area (Å²) in [5.41, 5.74) is 1.88. The van der Waals surface area contributed by atoms with Gasteiger partial charge in [-0.2, -0.15) is 0 Å². The highest BCUT2D eigenvalue weighted by Crippen LogP contribution is 2.20. The molecule has 1 N–H and O–H groups in total. The molecule has 0 saturated carbocycles. The van der Waals surface area contributed by atoms with Crippen LogP contribution in [0.25, 0.3) is 11.3 Å². The fourth-order valence-corrected chi connectivity index (χ4v) is 2.12. The molecule has 2 aromatic rings. The highest BCUT2D eigenvalue weighted by atomic mass is 19.1. The SMILES string of the molecule is Fc1ccc(-c2cn3c(n2)CNCCC3)cc1. The van der Waals surface area contributed by atoms with Crippen molar-refractivity contribution in [1.29, 1.82) is 0 Å². The van der Waals surface area contributed by atoms with Gasteiger partial charge >= 0.3 is 0 Å². The van der Waals surface area contributed by atoms with E-state index in [9.17, 15) is 4.39 Å². The van der Waals surface area contributed by atoms with Crippen molar-refractivity contribution >= 4 is 0 Å². The Labute approximate surface area is 99.3 Å². The van der Waals surface area contributed by atoms with Crippen LogP contribution in [0.2, 0.25) is 0 Å². The van der Waals surface area contributed by atoms with Crippen molar-refractivity contribution in [2.24, 2.45) is 0 Å². The van der Waals surface area contributed by atoms with Crippen molar-refractivity contribution in [2.45, 2.75) is 19.5 Å². The minimum absolute atomic E-state index is 0.212. The van der Waals surface area contributed by atoms with Gasteiger partial charge in [-0.3, -0.25) is 0 Å². The Kier molecular flexibility index (Phi) is 2.65. The summed E-state index contributed by atoms with van der Waals surface area (Å²) < 4.78 is 15.0. The molecule has 0 fully saturated rings. The molecule has 1 aliphatic heterocycles. The third-order valence-corrected chi connectivity index (χ3v) is 3.03. The molecule has 3 rings (SSSR count). The summed E-state index contributed by atoms with van der Waals surface area (Å²) >= 11 is 0. The van der Waals surface area contributed by atoms with Gasteiger partial charge in [0.1, 0.15) is 11.6 Å². The lowest BCUT2D eigenvalue weighted by atomic mass is 10.2. The topological polar surface area (TPSA) is 29.9 Å². The van der Waals surface area contributed by atoms with Gasteiger partial charge in [-0.15, -0.1) is 0 Å². The van der Waals surface area contributed by atoms with E-state index in [1.807, 2.05) is 0 Å². The zero-order chi connectivity index (χ0) is 11.7. The Morgan fingerprint density at radius 2 is 2.06 bits per heavy atom. The average Bonchev–Trinajstić information content (AvgIpc) is 2.62. The number of hydrogen-bond acceptors (Lipinski definition) is 2. The predicted molar refractivity (Wildman–Crippen MR) is 63.9 cm³/mol. The number of nitrogens with zero attached hydrogens (tertiary/aromatic N) is 2. The molecule has 0 amide bonds. The maximum absolute atomic E-state index is 12.8. The Balaban J connectivity index is 1.96. The summed E-state index contributed by atoms with van der Waals surface area (Å²) in [6.07, 6.45) is 3.17. The number of aromatic nitrogens is 2. The van der Waals surface area contributed by atoms with Crippen LogP contribution in [0.15, 0.2) is 30.5 Å². The molecule has 3 nitrogen and oxygen atoms in total. The first-order valence-electron chi connectivity index (χ1n) is 5.85. The van der Waals surface area contributed by atoms with Crippen LogP contribution in [0, 0.1) is 5.82 Å². The summed E-state index contributed by atoms with van der Waals surface area (Å²) in [7, 11) is 0. The molecule has 0 aliphatic carbocycles. The third-order valence-electron chi connectivity index (χ3n) is 3.03. The maximum atomic E-state index is 12.8. The molecule has 4 heteroatoms. The van der Waals surface area contributed by atoms with Gasteiger partial charge in [-0.25, -0.2) is 9.37 Å². The Hall–Kier alpha value is -1.68. The van der Waals surface area contributed by atoms with Gasteiger partial charge in [-0.1, -0.05) is 0 Å². The molecule has 0 bridgehead atoms. The largest absolute Gasteiger partial charge is 0.333 e. The van der Waals surface area contributed by atoms with E-state index in [-0.39, 0.29) is 5.82 Å². The highest BCUT2D eigenvalue weighted by molar-refractivity contribution is 5.58. The number of halogens is 1. The van der Waals surface area contributed by atoms with E-state index in [0.29, 0.717) is 0 Å². The first-order chi connectivity index (χ1) is 8.33. The van der Waals surface area contributed by atoms with Gasteiger partial charge in [-0.05, 0) is 37.2 Å². The maximum Gasteiger partial charge on any atom is 0.123 e. The van der Waals surface area contributed by atoms with Crippen molar-refractivity contribution < 1.29 is 4.39 Å². The van der Waals surface area contributed by atoms with Crippen molar-refractivity contribution in [2.75, 3.05) is 6.54 Å². The lowest BCUT2D eigenvalue weighted by Crippen LogP contribution is -2.12. The highest BCUT2D eigenvalue weighted by Gasteiger charge is 2.11. The first kappa shape index (κ1) is 10.5. The molecule has 0 saturated heterocycles. The average molecular weight is 231 g/mol. The van der Waals surface area contributed by atoms with Crippen molar-refractivity contribution in [3.8, 4) is 11.3 Å². The van der Waals surface area contributed by atoms with Gasteiger partial charge in [0.25, 0.3) is 0 Å². The van der Waals surface area contributed by atoms with E-state index in [4.69, 9.17) is 0 Å². The molecule has 0 atom stereocenters. The summed E-state index contributed by atoms with van der Waals surface area (Å²) in [4.78, 5) is 4.59. The summed E-state index contributed by atoms with van der Waals surface area (Å²) in [6.45, 7) is 2.84. The second-order valence-corrected chi connectivity index (χ2v) is 4.27. The molecule has 1 aromatic heterocycles. The van der Waals surface area contributed by atoms with Crippen LogP contribution in [0.1, 0.15) is 12.2 Å². The van der Waals surface area contributed by atoms with E-state index in [1.54, 1.807) is 12.1 Å². The first-order valence-corrected chi connectivity index (χ1v) is 5.85. The van der Waals surface area contributed by atoms with Gasteiger partial charge in [0.15, 0.2) is 0 Å². The number of aryl methyl sites for hydroxylation is 1. The van der Waals surface area contributed by atoms with Crippen LogP contribution < -0.4 is 5.32 Å². The van der Waals surface area contributed by atoms with E-state index >= 15 is 0 Å². The number of imidazole rings is 1. The van der Waals surface area contributed by atoms with Crippen LogP contribution in [0.5, 0.6) is 0 Å². The molecular formula is C13H14FN3. The van der Waals surface area contributed by atoms with Crippen LogP contribution in [-0.2, 0) is 13.1 Å². The third kappa shape index (κ3) is 2.08. The summed E-state index contributed by atoms with van der Waals surface area (Å²) in [5.74, 6) is 0.845. The minimum atomic E-state index is -0.212. The summed E-state index contributed by atoms with van der Waals surface area (Å²) in [6, 6.07) is 6.48. The Morgan fingerprint density at radius 3 is 2.88 bits per heavy atom. The van der Waals surface area contributed by atoms with E-state index in [1.165, 1.54) is 12.1 Å². The fourth-order valence-electron chi connectivity index (χ4n) is 2.12. The van der Waals surface area contributed by atoms with Crippen molar-refractivity contribution in [3.63, 3.8) is 0 Å². The zero-order valence-corrected chi connectivity index (χ0v) is 9.49. The second kappa shape index (κ2) is 4.30. The summed E-state index contributed by atoms with van der Waals surface area (Å²) in [5, 5.41) is 3.33. The number of hydrogen-bond donors (Lipinski definition) is 1. The van der Waals surface area contributed by atoms with Gasteiger partial charge < -0.3 is 9.88 Å². The molecule has 2 heterocycles. The molecule has 17 heavy (non-hydrogen) atoms. The molecular weight excluding hydrogens is 217 g/mol. The zero-order valence-electron chi connectivity index (χ0n) is 9.49. The molecule has 0 unspecified atom stereocenters. The van der Waals surface area contributed by atoms with Crippen molar-refractivity contribution in [3.05, 3.63) is 42.1 Å². The second-order valence-electron chi connectivity index (χ2n) is 4.27. The van der Waals surface area contributed by atoms with Crippen LogP contribution in [-0.4, -0.2) is 16.1 Å². The van der Waals surface area contributed by atoms with Crippen LogP contribution >= 0.6 is 0 Å². The van der Waals surface area contributed by atoms with Gasteiger partial charge in [0.05, 0.1) is 12.2 Å².